The van der Waals surface area contributed by atoms with Crippen molar-refractivity contribution in [3.05, 3.63) is 29.3 Å². The van der Waals surface area contributed by atoms with Crippen LogP contribution in [0, 0.1) is 13.8 Å². The van der Waals surface area contributed by atoms with Crippen molar-refractivity contribution in [1.82, 2.24) is 9.91 Å². The van der Waals surface area contributed by atoms with Gasteiger partial charge in [0.1, 0.15) is 17.6 Å². The summed E-state index contributed by atoms with van der Waals surface area (Å²) in [5.74, 6) is 0.836. The molecule has 1 aromatic rings. The minimum Gasteiger partial charge on any atom is -0.490 e. The number of aryl methyl sites for hydroxylation is 2. The first-order valence-electron chi connectivity index (χ1n) is 8.81. The van der Waals surface area contributed by atoms with Crippen LogP contribution < -0.4 is 4.74 Å². The van der Waals surface area contributed by atoms with E-state index in [4.69, 9.17) is 4.74 Å². The highest BCUT2D eigenvalue weighted by Gasteiger charge is 2.29. The van der Waals surface area contributed by atoms with Crippen molar-refractivity contribution in [2.75, 3.05) is 20.1 Å². The molecule has 0 unspecified atom stereocenters. The molecule has 6 heteroatoms. The van der Waals surface area contributed by atoms with Crippen LogP contribution in [-0.4, -0.2) is 53.7 Å². The SMILES string of the molecule is Cc1ccc(C)c(OC2CCN(C(=O)C3=NN(C)C(=O)CC3)CC2)c1. The molecule has 0 radical (unpaired) electrons. The molecule has 2 amide bonds. The van der Waals surface area contributed by atoms with Crippen LogP contribution in [0.4, 0.5) is 0 Å². The lowest BCUT2D eigenvalue weighted by Crippen LogP contribution is -2.46. The van der Waals surface area contributed by atoms with Crippen LogP contribution >= 0.6 is 0 Å². The van der Waals surface area contributed by atoms with Gasteiger partial charge in [0.15, 0.2) is 0 Å². The molecule has 3 rings (SSSR count). The van der Waals surface area contributed by atoms with Gasteiger partial charge in [-0.3, -0.25) is 9.59 Å². The number of carbonyl (C=O) groups excluding carboxylic acids is 2. The van der Waals surface area contributed by atoms with Gasteiger partial charge in [-0.25, -0.2) is 5.01 Å². The summed E-state index contributed by atoms with van der Waals surface area (Å²) in [7, 11) is 1.60. The Morgan fingerprint density at radius 2 is 1.92 bits per heavy atom. The first-order chi connectivity index (χ1) is 11.9. The highest BCUT2D eigenvalue weighted by Crippen LogP contribution is 2.24. The first kappa shape index (κ1) is 17.5. The van der Waals surface area contributed by atoms with Crippen molar-refractivity contribution in [3.63, 3.8) is 0 Å². The molecule has 0 saturated carbocycles. The van der Waals surface area contributed by atoms with Crippen LogP contribution in [0.3, 0.4) is 0 Å². The van der Waals surface area contributed by atoms with Crippen LogP contribution in [0.2, 0.25) is 0 Å². The Labute approximate surface area is 148 Å². The third-order valence-corrected chi connectivity index (χ3v) is 4.82. The van der Waals surface area contributed by atoms with E-state index in [1.54, 1.807) is 7.05 Å². The van der Waals surface area contributed by atoms with Gasteiger partial charge in [-0.2, -0.15) is 5.10 Å². The smallest absolute Gasteiger partial charge is 0.270 e. The van der Waals surface area contributed by atoms with E-state index in [9.17, 15) is 9.59 Å². The lowest BCUT2D eigenvalue weighted by Gasteiger charge is -2.33. The van der Waals surface area contributed by atoms with Crippen LogP contribution in [0.5, 0.6) is 5.75 Å². The topological polar surface area (TPSA) is 62.2 Å². The summed E-state index contributed by atoms with van der Waals surface area (Å²) < 4.78 is 6.15. The number of nitrogens with zero attached hydrogens (tertiary/aromatic N) is 3. The molecule has 0 N–H and O–H groups in total. The lowest BCUT2D eigenvalue weighted by atomic mass is 10.0. The number of piperidine rings is 1. The van der Waals surface area contributed by atoms with Crippen LogP contribution in [0.25, 0.3) is 0 Å². The molecular weight excluding hydrogens is 318 g/mol. The monoisotopic (exact) mass is 343 g/mol. The van der Waals surface area contributed by atoms with Crippen LogP contribution in [0.15, 0.2) is 23.3 Å². The summed E-state index contributed by atoms with van der Waals surface area (Å²) in [5, 5.41) is 5.40. The zero-order chi connectivity index (χ0) is 18.0. The number of hydrogen-bond acceptors (Lipinski definition) is 4. The fraction of sp³-hybridized carbons (Fsp3) is 0.526. The number of hydrogen-bond donors (Lipinski definition) is 0. The van der Waals surface area contributed by atoms with Crippen LogP contribution in [-0.2, 0) is 9.59 Å². The number of likely N-dealkylation sites (tertiary alicyclic amines) is 1. The van der Waals surface area contributed by atoms with E-state index in [2.05, 4.69) is 30.2 Å². The van der Waals surface area contributed by atoms with E-state index in [1.165, 1.54) is 10.6 Å². The van der Waals surface area contributed by atoms with Crippen molar-refractivity contribution < 1.29 is 14.3 Å². The third kappa shape index (κ3) is 4.00. The largest absolute Gasteiger partial charge is 0.490 e. The minimum absolute atomic E-state index is 0.0443. The number of hydrazone groups is 1. The van der Waals surface area contributed by atoms with Gasteiger partial charge < -0.3 is 9.64 Å². The minimum atomic E-state index is -0.0514. The number of rotatable bonds is 3. The molecule has 134 valence electrons. The third-order valence-electron chi connectivity index (χ3n) is 4.82. The van der Waals surface area contributed by atoms with Crippen molar-refractivity contribution in [2.45, 2.75) is 45.6 Å². The Kier molecular flexibility index (Phi) is 5.06. The molecule has 1 saturated heterocycles. The Morgan fingerprint density at radius 3 is 2.60 bits per heavy atom. The average molecular weight is 343 g/mol. The molecule has 0 atom stereocenters. The summed E-state index contributed by atoms with van der Waals surface area (Å²) in [6.45, 7) is 5.42. The summed E-state index contributed by atoms with van der Waals surface area (Å²) in [4.78, 5) is 25.9. The summed E-state index contributed by atoms with van der Waals surface area (Å²) in [6, 6.07) is 6.22. The fourth-order valence-electron chi connectivity index (χ4n) is 3.20. The molecule has 1 fully saturated rings. The Bertz CT molecular complexity index is 706. The summed E-state index contributed by atoms with van der Waals surface area (Å²) in [6.07, 6.45) is 2.53. The van der Waals surface area contributed by atoms with Crippen molar-refractivity contribution >= 4 is 17.5 Å². The number of carbonyl (C=O) groups is 2. The van der Waals surface area contributed by atoms with E-state index in [-0.39, 0.29) is 17.9 Å². The second-order valence-electron chi connectivity index (χ2n) is 6.84. The predicted octanol–water partition coefficient (Wildman–Crippen LogP) is 2.28. The van der Waals surface area contributed by atoms with E-state index in [1.807, 2.05) is 11.8 Å². The van der Waals surface area contributed by atoms with E-state index < -0.39 is 0 Å². The summed E-state index contributed by atoms with van der Waals surface area (Å²) >= 11 is 0. The van der Waals surface area contributed by atoms with E-state index >= 15 is 0 Å². The van der Waals surface area contributed by atoms with E-state index in [0.717, 1.165) is 24.2 Å². The van der Waals surface area contributed by atoms with Crippen molar-refractivity contribution in [2.24, 2.45) is 5.10 Å². The Morgan fingerprint density at radius 1 is 1.20 bits per heavy atom. The molecular formula is C19H25N3O3. The van der Waals surface area contributed by atoms with Gasteiger partial charge in [0.2, 0.25) is 5.91 Å². The molecule has 0 spiro atoms. The maximum absolute atomic E-state index is 12.6. The molecule has 2 aliphatic heterocycles. The van der Waals surface area contributed by atoms with E-state index in [0.29, 0.717) is 31.6 Å². The Balaban J connectivity index is 1.57. The average Bonchev–Trinajstić information content (AvgIpc) is 2.60. The summed E-state index contributed by atoms with van der Waals surface area (Å²) in [5.41, 5.74) is 2.80. The number of amides is 2. The Hall–Kier alpha value is -2.37. The van der Waals surface area contributed by atoms with Gasteiger partial charge in [0.05, 0.1) is 0 Å². The molecule has 6 nitrogen and oxygen atoms in total. The lowest BCUT2D eigenvalue weighted by molar-refractivity contribution is -0.131. The molecule has 0 aromatic heterocycles. The standard InChI is InChI=1S/C19H25N3O3/c1-13-4-5-14(2)17(12-13)25-15-8-10-22(11-9-15)19(24)16-6-7-18(23)21(3)20-16/h4-5,12,15H,6-11H2,1-3H3. The second-order valence-corrected chi connectivity index (χ2v) is 6.84. The highest BCUT2D eigenvalue weighted by atomic mass is 16.5. The van der Waals surface area contributed by atoms with Gasteiger partial charge in [-0.1, -0.05) is 12.1 Å². The zero-order valence-corrected chi connectivity index (χ0v) is 15.1. The molecule has 0 bridgehead atoms. The zero-order valence-electron chi connectivity index (χ0n) is 15.1. The maximum atomic E-state index is 12.6. The highest BCUT2D eigenvalue weighted by molar-refractivity contribution is 6.39. The second kappa shape index (κ2) is 7.25. The van der Waals surface area contributed by atoms with Crippen molar-refractivity contribution in [1.29, 1.82) is 0 Å². The molecule has 2 heterocycles. The van der Waals surface area contributed by atoms with Gasteiger partial charge in [-0.15, -0.1) is 0 Å². The quantitative estimate of drug-likeness (QED) is 0.846. The van der Waals surface area contributed by atoms with Crippen molar-refractivity contribution in [3.8, 4) is 5.75 Å². The molecule has 0 aliphatic carbocycles. The number of benzene rings is 1. The van der Waals surface area contributed by atoms with Gasteiger partial charge in [-0.05, 0) is 31.0 Å². The molecule has 25 heavy (non-hydrogen) atoms. The number of ether oxygens (including phenoxy) is 1. The predicted molar refractivity (Wildman–Crippen MR) is 95.6 cm³/mol. The van der Waals surface area contributed by atoms with Gasteiger partial charge >= 0.3 is 0 Å². The van der Waals surface area contributed by atoms with Gasteiger partial charge in [0, 0.05) is 45.8 Å². The van der Waals surface area contributed by atoms with Gasteiger partial charge in [0.25, 0.3) is 5.91 Å². The fourth-order valence-corrected chi connectivity index (χ4v) is 3.20. The molecule has 1 aromatic carbocycles. The maximum Gasteiger partial charge on any atom is 0.270 e. The molecule has 2 aliphatic rings. The van der Waals surface area contributed by atoms with Crippen LogP contribution in [0.1, 0.15) is 36.8 Å². The normalized spacial score (nSPS) is 19.0. The first-order valence-corrected chi connectivity index (χ1v) is 8.81.